The first-order valence-electron chi connectivity index (χ1n) is 6.46. The van der Waals surface area contributed by atoms with Gasteiger partial charge in [0.05, 0.1) is 11.5 Å². The van der Waals surface area contributed by atoms with Crippen molar-refractivity contribution in [2.24, 2.45) is 0 Å². The minimum Gasteiger partial charge on any atom is -0.507 e. The van der Waals surface area contributed by atoms with Gasteiger partial charge in [-0.3, -0.25) is 14.9 Å². The topological polar surface area (TPSA) is 133 Å². The standard InChI is InChI=1S/C14H11NO8/c1-2-22-14(19)12-9(11(17)13(18)23-12)10(16)7-3-5-8(6-4-7)15(20)21/h3-6,12,16H,2H2,1H3/b10-9-. The molecule has 1 saturated heterocycles. The largest absolute Gasteiger partial charge is 0.507 e. The summed E-state index contributed by atoms with van der Waals surface area (Å²) >= 11 is 0. The first-order valence-corrected chi connectivity index (χ1v) is 6.46. The number of hydrogen-bond donors (Lipinski definition) is 1. The van der Waals surface area contributed by atoms with Crippen LogP contribution < -0.4 is 0 Å². The Hall–Kier alpha value is -3.23. The Morgan fingerprint density at radius 1 is 1.35 bits per heavy atom. The molecule has 0 amide bonds. The first kappa shape index (κ1) is 16.1. The van der Waals surface area contributed by atoms with Gasteiger partial charge in [-0.05, 0) is 19.1 Å². The van der Waals surface area contributed by atoms with E-state index in [0.29, 0.717) is 0 Å². The summed E-state index contributed by atoms with van der Waals surface area (Å²) in [6.45, 7) is 1.52. The zero-order valence-corrected chi connectivity index (χ0v) is 11.8. The number of ether oxygens (including phenoxy) is 2. The molecule has 0 aliphatic carbocycles. The molecule has 0 saturated carbocycles. The molecule has 1 aromatic rings. The molecule has 1 fully saturated rings. The van der Waals surface area contributed by atoms with E-state index in [1.54, 1.807) is 0 Å². The summed E-state index contributed by atoms with van der Waals surface area (Å²) in [5.41, 5.74) is -0.757. The molecule has 1 heterocycles. The van der Waals surface area contributed by atoms with Crippen molar-refractivity contribution in [1.82, 2.24) is 0 Å². The molecular formula is C14H11NO8. The lowest BCUT2D eigenvalue weighted by atomic mass is 10.0. The Morgan fingerprint density at radius 2 is 1.96 bits per heavy atom. The third kappa shape index (κ3) is 3.03. The number of aliphatic hydroxyl groups excluding tert-OH is 1. The number of ketones is 1. The number of aliphatic hydroxyl groups is 1. The number of cyclic esters (lactones) is 1. The molecule has 9 nitrogen and oxygen atoms in total. The SMILES string of the molecule is CCOC(=O)C1OC(=O)C(=O)/C1=C(/O)c1ccc([N+](=O)[O-])cc1. The van der Waals surface area contributed by atoms with Crippen molar-refractivity contribution in [3.8, 4) is 0 Å². The quantitative estimate of drug-likeness (QED) is 0.216. The summed E-state index contributed by atoms with van der Waals surface area (Å²) in [5.74, 6) is -4.12. The molecule has 0 spiro atoms. The average molecular weight is 321 g/mol. The van der Waals surface area contributed by atoms with Gasteiger partial charge in [0.15, 0.2) is 0 Å². The van der Waals surface area contributed by atoms with Gasteiger partial charge in [0.1, 0.15) is 11.3 Å². The van der Waals surface area contributed by atoms with Gasteiger partial charge in [-0.1, -0.05) is 0 Å². The Kier molecular flexibility index (Phi) is 4.39. The maximum atomic E-state index is 11.8. The zero-order chi connectivity index (χ0) is 17.1. The van der Waals surface area contributed by atoms with Crippen LogP contribution in [0, 0.1) is 10.1 Å². The Morgan fingerprint density at radius 3 is 2.48 bits per heavy atom. The lowest BCUT2D eigenvalue weighted by molar-refractivity contribution is -0.384. The van der Waals surface area contributed by atoms with Crippen LogP contribution in [0.3, 0.4) is 0 Å². The van der Waals surface area contributed by atoms with Crippen LogP contribution >= 0.6 is 0 Å². The van der Waals surface area contributed by atoms with Crippen LogP contribution in [0.5, 0.6) is 0 Å². The van der Waals surface area contributed by atoms with Crippen molar-refractivity contribution in [2.75, 3.05) is 6.61 Å². The smallest absolute Gasteiger partial charge is 0.380 e. The monoisotopic (exact) mass is 321 g/mol. The van der Waals surface area contributed by atoms with E-state index in [1.807, 2.05) is 0 Å². The highest BCUT2D eigenvalue weighted by Crippen LogP contribution is 2.28. The normalized spacial score (nSPS) is 19.3. The predicted molar refractivity (Wildman–Crippen MR) is 74.2 cm³/mol. The number of rotatable bonds is 4. The summed E-state index contributed by atoms with van der Waals surface area (Å²) in [6.07, 6.45) is -1.66. The van der Waals surface area contributed by atoms with Gasteiger partial charge in [-0.2, -0.15) is 0 Å². The van der Waals surface area contributed by atoms with Crippen molar-refractivity contribution in [2.45, 2.75) is 13.0 Å². The third-order valence-corrected chi connectivity index (χ3v) is 3.02. The Bertz CT molecular complexity index is 719. The van der Waals surface area contributed by atoms with E-state index in [2.05, 4.69) is 9.47 Å². The van der Waals surface area contributed by atoms with E-state index in [-0.39, 0.29) is 17.9 Å². The van der Waals surface area contributed by atoms with Crippen LogP contribution in [-0.2, 0) is 23.9 Å². The number of carbonyl (C=O) groups excluding carboxylic acids is 3. The molecular weight excluding hydrogens is 310 g/mol. The number of nitro groups is 1. The molecule has 9 heteroatoms. The molecule has 1 unspecified atom stereocenters. The lowest BCUT2D eigenvalue weighted by Gasteiger charge is -2.10. The second-order valence-corrected chi connectivity index (χ2v) is 4.43. The second kappa shape index (κ2) is 6.26. The van der Waals surface area contributed by atoms with Crippen molar-refractivity contribution < 1.29 is 33.9 Å². The van der Waals surface area contributed by atoms with Crippen LogP contribution in [0.2, 0.25) is 0 Å². The van der Waals surface area contributed by atoms with E-state index in [1.165, 1.54) is 19.1 Å². The van der Waals surface area contributed by atoms with E-state index in [9.17, 15) is 29.6 Å². The molecule has 1 atom stereocenters. The summed E-state index contributed by atoms with van der Waals surface area (Å²) in [7, 11) is 0. The molecule has 23 heavy (non-hydrogen) atoms. The van der Waals surface area contributed by atoms with Gasteiger partial charge >= 0.3 is 11.9 Å². The van der Waals surface area contributed by atoms with Gasteiger partial charge in [0, 0.05) is 17.7 Å². The fraction of sp³-hybridized carbons (Fsp3) is 0.214. The molecule has 1 aliphatic heterocycles. The number of esters is 2. The van der Waals surface area contributed by atoms with Crippen LogP contribution in [0.25, 0.3) is 5.76 Å². The fourth-order valence-electron chi connectivity index (χ4n) is 1.96. The molecule has 0 radical (unpaired) electrons. The van der Waals surface area contributed by atoms with E-state index < -0.39 is 40.1 Å². The van der Waals surface area contributed by atoms with Gasteiger partial charge < -0.3 is 14.6 Å². The minimum atomic E-state index is -1.66. The zero-order valence-electron chi connectivity index (χ0n) is 11.8. The minimum absolute atomic E-state index is 0.00729. The number of non-ortho nitro benzene ring substituents is 1. The summed E-state index contributed by atoms with van der Waals surface area (Å²) in [4.78, 5) is 44.9. The number of hydrogen-bond acceptors (Lipinski definition) is 8. The van der Waals surface area contributed by atoms with Crippen LogP contribution in [-0.4, -0.2) is 40.5 Å². The number of nitrogens with zero attached hydrogens (tertiary/aromatic N) is 1. The number of Topliss-reactive ketones (excluding diaryl/α,β-unsaturated/α-hetero) is 1. The number of carbonyl (C=O) groups is 3. The highest BCUT2D eigenvalue weighted by molar-refractivity contribution is 6.45. The van der Waals surface area contributed by atoms with Crippen LogP contribution in [0.1, 0.15) is 12.5 Å². The highest BCUT2D eigenvalue weighted by Gasteiger charge is 2.46. The van der Waals surface area contributed by atoms with Crippen molar-refractivity contribution in [1.29, 1.82) is 0 Å². The molecule has 0 bridgehead atoms. The molecule has 1 N–H and O–H groups in total. The van der Waals surface area contributed by atoms with E-state index in [0.717, 1.165) is 12.1 Å². The average Bonchev–Trinajstić information content (AvgIpc) is 2.82. The number of nitro benzene ring substituents is 1. The highest BCUT2D eigenvalue weighted by atomic mass is 16.6. The second-order valence-electron chi connectivity index (χ2n) is 4.43. The van der Waals surface area contributed by atoms with E-state index >= 15 is 0 Å². The van der Waals surface area contributed by atoms with Crippen LogP contribution in [0.15, 0.2) is 29.8 Å². The van der Waals surface area contributed by atoms with Crippen molar-refractivity contribution in [3.05, 3.63) is 45.5 Å². The van der Waals surface area contributed by atoms with Gasteiger partial charge in [-0.25, -0.2) is 9.59 Å². The van der Waals surface area contributed by atoms with Gasteiger partial charge in [-0.15, -0.1) is 0 Å². The molecule has 120 valence electrons. The van der Waals surface area contributed by atoms with Gasteiger partial charge in [0.2, 0.25) is 6.10 Å². The summed E-state index contributed by atoms with van der Waals surface area (Å²) in [6, 6.07) is 4.57. The maximum absolute atomic E-state index is 11.8. The van der Waals surface area contributed by atoms with Crippen molar-refractivity contribution in [3.63, 3.8) is 0 Å². The first-order chi connectivity index (χ1) is 10.9. The molecule has 0 aromatic heterocycles. The Balaban J connectivity index is 2.45. The maximum Gasteiger partial charge on any atom is 0.380 e. The number of benzene rings is 1. The molecule has 1 aliphatic rings. The summed E-state index contributed by atoms with van der Waals surface area (Å²) < 4.78 is 9.30. The summed E-state index contributed by atoms with van der Waals surface area (Å²) in [5, 5.41) is 20.8. The van der Waals surface area contributed by atoms with Crippen molar-refractivity contribution >= 4 is 29.2 Å². The predicted octanol–water partition coefficient (Wildman–Crippen LogP) is 0.921. The van der Waals surface area contributed by atoms with Crippen LogP contribution in [0.4, 0.5) is 5.69 Å². The van der Waals surface area contributed by atoms with Gasteiger partial charge in [0.25, 0.3) is 11.5 Å². The molecule has 2 rings (SSSR count). The third-order valence-electron chi connectivity index (χ3n) is 3.02. The molecule has 1 aromatic carbocycles. The fourth-order valence-corrected chi connectivity index (χ4v) is 1.96. The van der Waals surface area contributed by atoms with E-state index in [4.69, 9.17) is 0 Å². The lowest BCUT2D eigenvalue weighted by Crippen LogP contribution is -2.25. The Labute approximate surface area is 129 Å².